The second kappa shape index (κ2) is 5.35. The molecule has 1 saturated carbocycles. The van der Waals surface area contributed by atoms with Gasteiger partial charge in [0, 0.05) is 12.0 Å². The fraction of sp³-hybridized carbons (Fsp3) is 0.750. The zero-order chi connectivity index (χ0) is 15.8. The fourth-order valence-corrected chi connectivity index (χ4v) is 3.73. The topological polar surface area (TPSA) is 75.6 Å². The molecular weight excluding hydrogens is 270 g/mol. The molecule has 5 heteroatoms. The number of fused-ring (bicyclic) bond motifs is 1. The molecule has 0 aromatic heterocycles. The summed E-state index contributed by atoms with van der Waals surface area (Å²) < 4.78 is 5.23. The minimum absolute atomic E-state index is 0.0910. The molecule has 0 heterocycles. The minimum Gasteiger partial charge on any atom is -0.481 e. The molecule has 0 bridgehead atoms. The molecule has 2 rings (SSSR count). The van der Waals surface area contributed by atoms with Crippen molar-refractivity contribution in [3.63, 3.8) is 0 Å². The number of allylic oxidation sites excluding steroid dienone is 2. The summed E-state index contributed by atoms with van der Waals surface area (Å²) in [7, 11) is 0. The van der Waals surface area contributed by atoms with Gasteiger partial charge in [0.25, 0.3) is 0 Å². The number of alkyl carbamates (subject to hydrolysis) is 1. The highest BCUT2D eigenvalue weighted by atomic mass is 16.6. The number of aliphatic carboxylic acids is 1. The molecule has 118 valence electrons. The van der Waals surface area contributed by atoms with Crippen LogP contribution in [0.5, 0.6) is 0 Å². The van der Waals surface area contributed by atoms with Crippen LogP contribution in [0.1, 0.15) is 47.0 Å². The van der Waals surface area contributed by atoms with Gasteiger partial charge in [0.1, 0.15) is 5.60 Å². The highest BCUT2D eigenvalue weighted by Crippen LogP contribution is 2.59. The van der Waals surface area contributed by atoms with Crippen LogP contribution in [0.3, 0.4) is 0 Å². The van der Waals surface area contributed by atoms with Crippen LogP contribution in [0.15, 0.2) is 11.6 Å². The molecule has 1 fully saturated rings. The summed E-state index contributed by atoms with van der Waals surface area (Å²) in [5, 5.41) is 11.9. The van der Waals surface area contributed by atoms with Crippen LogP contribution in [-0.2, 0) is 9.53 Å². The van der Waals surface area contributed by atoms with E-state index in [4.69, 9.17) is 4.74 Å². The summed E-state index contributed by atoms with van der Waals surface area (Å²) in [6.07, 6.45) is 3.71. The van der Waals surface area contributed by atoms with Crippen LogP contribution < -0.4 is 5.32 Å². The lowest BCUT2D eigenvalue weighted by atomic mass is 9.53. The van der Waals surface area contributed by atoms with Crippen molar-refractivity contribution in [1.82, 2.24) is 5.32 Å². The Morgan fingerprint density at radius 1 is 1.48 bits per heavy atom. The van der Waals surface area contributed by atoms with Gasteiger partial charge in [0.15, 0.2) is 0 Å². The van der Waals surface area contributed by atoms with Crippen LogP contribution in [0, 0.1) is 17.3 Å². The third kappa shape index (κ3) is 3.57. The van der Waals surface area contributed by atoms with Crippen molar-refractivity contribution in [3.8, 4) is 0 Å². The molecule has 0 saturated heterocycles. The molecule has 0 radical (unpaired) electrons. The van der Waals surface area contributed by atoms with E-state index in [0.717, 1.165) is 12.8 Å². The van der Waals surface area contributed by atoms with Gasteiger partial charge in [-0.2, -0.15) is 0 Å². The van der Waals surface area contributed by atoms with Gasteiger partial charge in [-0.05, 0) is 52.4 Å². The molecule has 0 unspecified atom stereocenters. The maximum atomic E-state index is 11.8. The van der Waals surface area contributed by atoms with E-state index in [1.165, 1.54) is 5.57 Å². The van der Waals surface area contributed by atoms with E-state index in [1.54, 1.807) is 0 Å². The van der Waals surface area contributed by atoms with Gasteiger partial charge in [0.2, 0.25) is 0 Å². The number of ether oxygens (including phenoxy) is 1. The van der Waals surface area contributed by atoms with E-state index in [9.17, 15) is 14.7 Å². The third-order valence-corrected chi connectivity index (χ3v) is 4.42. The average molecular weight is 295 g/mol. The quantitative estimate of drug-likeness (QED) is 0.782. The minimum atomic E-state index is -0.808. The summed E-state index contributed by atoms with van der Waals surface area (Å²) >= 11 is 0. The maximum absolute atomic E-state index is 11.8. The Balaban J connectivity index is 1.99. The van der Waals surface area contributed by atoms with E-state index in [-0.39, 0.29) is 17.8 Å². The van der Waals surface area contributed by atoms with Gasteiger partial charge < -0.3 is 15.2 Å². The van der Waals surface area contributed by atoms with E-state index < -0.39 is 17.7 Å². The fourth-order valence-electron chi connectivity index (χ4n) is 3.73. The molecule has 0 spiro atoms. The molecule has 21 heavy (non-hydrogen) atoms. The van der Waals surface area contributed by atoms with E-state index >= 15 is 0 Å². The summed E-state index contributed by atoms with van der Waals surface area (Å²) in [6, 6.07) is 0. The predicted octanol–water partition coefficient (Wildman–Crippen LogP) is 2.96. The number of carboxylic acid groups (broad SMARTS) is 1. The monoisotopic (exact) mass is 295 g/mol. The number of rotatable bonds is 4. The first-order valence-electron chi connectivity index (χ1n) is 7.47. The smallest absolute Gasteiger partial charge is 0.407 e. The van der Waals surface area contributed by atoms with E-state index in [1.807, 2.05) is 20.8 Å². The summed E-state index contributed by atoms with van der Waals surface area (Å²) in [5.41, 5.74) is 0.427. The van der Waals surface area contributed by atoms with Crippen molar-refractivity contribution in [3.05, 3.63) is 11.6 Å². The Bertz CT molecular complexity index is 477. The predicted molar refractivity (Wildman–Crippen MR) is 78.9 cm³/mol. The Labute approximate surface area is 125 Å². The lowest BCUT2D eigenvalue weighted by Gasteiger charge is -2.51. The molecular formula is C16H25NO4. The molecule has 5 nitrogen and oxygen atoms in total. The standard InChI is InChI=1S/C16H25NO4/c1-10-5-11-7-16(8-13(18)19,12(11)6-10)9-17-14(20)21-15(2,3)4/h6,11-12H,5,7-9H2,1-4H3,(H,17,20)(H,18,19)/t11-,12-,16-/m1/s1. The lowest BCUT2D eigenvalue weighted by Crippen LogP contribution is -2.53. The van der Waals surface area contributed by atoms with Gasteiger partial charge in [-0.15, -0.1) is 0 Å². The van der Waals surface area contributed by atoms with E-state index in [0.29, 0.717) is 12.5 Å². The third-order valence-electron chi connectivity index (χ3n) is 4.42. The largest absolute Gasteiger partial charge is 0.481 e. The zero-order valence-electron chi connectivity index (χ0n) is 13.2. The first-order chi connectivity index (χ1) is 9.61. The first-order valence-corrected chi connectivity index (χ1v) is 7.47. The van der Waals surface area contributed by atoms with Crippen molar-refractivity contribution in [1.29, 1.82) is 0 Å². The Morgan fingerprint density at radius 2 is 2.14 bits per heavy atom. The Morgan fingerprint density at radius 3 is 2.67 bits per heavy atom. The number of hydrogen-bond donors (Lipinski definition) is 2. The summed E-state index contributed by atoms with van der Waals surface area (Å²) in [4.78, 5) is 23.0. The second-order valence-electron chi connectivity index (χ2n) is 7.50. The Kier molecular flexibility index (Phi) is 4.04. The molecule has 2 aliphatic carbocycles. The maximum Gasteiger partial charge on any atom is 0.407 e. The number of amides is 1. The summed E-state index contributed by atoms with van der Waals surface area (Å²) in [5.74, 6) is 0.00529. The molecule has 0 aromatic carbocycles. The lowest BCUT2D eigenvalue weighted by molar-refractivity contribution is -0.144. The molecule has 1 amide bonds. The van der Waals surface area contributed by atoms with Crippen molar-refractivity contribution < 1.29 is 19.4 Å². The molecule has 0 aromatic rings. The number of nitrogens with one attached hydrogen (secondary N) is 1. The van der Waals surface area contributed by atoms with Crippen molar-refractivity contribution in [2.45, 2.75) is 52.6 Å². The Hall–Kier alpha value is -1.52. The van der Waals surface area contributed by atoms with Crippen molar-refractivity contribution in [2.24, 2.45) is 17.3 Å². The van der Waals surface area contributed by atoms with E-state index in [2.05, 4.69) is 18.3 Å². The van der Waals surface area contributed by atoms with Crippen LogP contribution >= 0.6 is 0 Å². The van der Waals surface area contributed by atoms with Crippen LogP contribution in [0.2, 0.25) is 0 Å². The number of carboxylic acids is 1. The highest BCUT2D eigenvalue weighted by Gasteiger charge is 2.55. The van der Waals surface area contributed by atoms with Crippen LogP contribution in [-0.4, -0.2) is 29.3 Å². The van der Waals surface area contributed by atoms with Crippen molar-refractivity contribution in [2.75, 3.05) is 6.54 Å². The molecule has 2 aliphatic rings. The number of carbonyl (C=O) groups is 2. The molecule has 3 atom stereocenters. The second-order valence-corrected chi connectivity index (χ2v) is 7.50. The number of hydrogen-bond acceptors (Lipinski definition) is 3. The molecule has 0 aliphatic heterocycles. The number of carbonyl (C=O) groups excluding carboxylic acids is 1. The highest BCUT2D eigenvalue weighted by molar-refractivity contribution is 5.70. The zero-order valence-corrected chi connectivity index (χ0v) is 13.2. The van der Waals surface area contributed by atoms with Gasteiger partial charge in [-0.3, -0.25) is 4.79 Å². The van der Waals surface area contributed by atoms with Crippen molar-refractivity contribution >= 4 is 12.1 Å². The summed E-state index contributed by atoms with van der Waals surface area (Å²) in [6.45, 7) is 7.87. The van der Waals surface area contributed by atoms with Gasteiger partial charge in [-0.25, -0.2) is 4.79 Å². The van der Waals surface area contributed by atoms with Crippen LogP contribution in [0.25, 0.3) is 0 Å². The SMILES string of the molecule is CC1=C[C@@H]2[C@H](C1)C[C@]2(CNC(=O)OC(C)(C)C)CC(=O)O. The first kappa shape index (κ1) is 15.9. The van der Waals surface area contributed by atoms with Gasteiger partial charge in [0.05, 0.1) is 6.42 Å². The molecule has 2 N–H and O–H groups in total. The van der Waals surface area contributed by atoms with Gasteiger partial charge in [-0.1, -0.05) is 11.6 Å². The average Bonchev–Trinajstić information content (AvgIpc) is 2.59. The van der Waals surface area contributed by atoms with Gasteiger partial charge >= 0.3 is 12.1 Å². The normalized spacial score (nSPS) is 31.0. The van der Waals surface area contributed by atoms with Crippen LogP contribution in [0.4, 0.5) is 4.79 Å².